The molecule has 0 aliphatic rings. The Morgan fingerprint density at radius 2 is 1.68 bits per heavy atom. The number of methoxy groups -OCH3 is 2. The number of nitrogens with one attached hydrogen (secondary N) is 1. The van der Waals surface area contributed by atoms with E-state index < -0.39 is 0 Å². The fourth-order valence-electron chi connectivity index (χ4n) is 3.90. The molecule has 3 aromatic carbocycles. The lowest BCUT2D eigenvalue weighted by atomic mass is 10.1. The standard InChI is InChI=1S/C28H24N4O4S/c1-17-4-10-22-25(14-17)37-28(30-22)18-5-8-20(9-6-18)29-26(33)16-32-27(34)13-11-21(31-32)19-7-12-23(35-2)24(15-19)36-3/h4-15H,16H2,1-3H3,(H,29,33). The van der Waals surface area contributed by atoms with Crippen LogP contribution in [0.4, 0.5) is 5.69 Å². The summed E-state index contributed by atoms with van der Waals surface area (Å²) in [5.74, 6) is 0.771. The summed E-state index contributed by atoms with van der Waals surface area (Å²) >= 11 is 1.63. The second-order valence-corrected chi connectivity index (χ2v) is 9.43. The lowest BCUT2D eigenvalue weighted by Crippen LogP contribution is -2.29. The fourth-order valence-corrected chi connectivity index (χ4v) is 4.97. The summed E-state index contributed by atoms with van der Waals surface area (Å²) in [5, 5.41) is 8.12. The van der Waals surface area contributed by atoms with Gasteiger partial charge in [0, 0.05) is 22.9 Å². The topological polar surface area (TPSA) is 95.3 Å². The molecule has 1 amide bonds. The van der Waals surface area contributed by atoms with Gasteiger partial charge in [0.25, 0.3) is 5.56 Å². The van der Waals surface area contributed by atoms with Crippen LogP contribution in [0.25, 0.3) is 32.0 Å². The van der Waals surface area contributed by atoms with Crippen molar-refractivity contribution in [2.24, 2.45) is 0 Å². The minimum atomic E-state index is -0.374. The lowest BCUT2D eigenvalue weighted by molar-refractivity contribution is -0.117. The summed E-state index contributed by atoms with van der Waals surface area (Å²) in [4.78, 5) is 29.8. The first-order chi connectivity index (χ1) is 17.9. The molecule has 5 rings (SSSR count). The van der Waals surface area contributed by atoms with Crippen LogP contribution >= 0.6 is 11.3 Å². The lowest BCUT2D eigenvalue weighted by Gasteiger charge is -2.11. The van der Waals surface area contributed by atoms with Gasteiger partial charge in [-0.15, -0.1) is 11.3 Å². The Hall–Kier alpha value is -4.50. The summed E-state index contributed by atoms with van der Waals surface area (Å²) in [6.45, 7) is 1.84. The van der Waals surface area contributed by atoms with Gasteiger partial charge >= 0.3 is 0 Å². The number of fused-ring (bicyclic) bond motifs is 1. The van der Waals surface area contributed by atoms with Crippen LogP contribution in [-0.4, -0.2) is 34.9 Å². The van der Waals surface area contributed by atoms with Crippen LogP contribution in [0.1, 0.15) is 5.56 Å². The molecule has 0 unspecified atom stereocenters. The third-order valence-electron chi connectivity index (χ3n) is 5.80. The van der Waals surface area contributed by atoms with Crippen LogP contribution in [0.5, 0.6) is 11.5 Å². The molecule has 0 radical (unpaired) electrons. The molecule has 0 saturated heterocycles. The van der Waals surface area contributed by atoms with E-state index in [1.165, 1.54) is 11.6 Å². The number of nitrogens with zero attached hydrogens (tertiary/aromatic N) is 3. The predicted molar refractivity (Wildman–Crippen MR) is 145 cm³/mol. The molecule has 5 aromatic rings. The Kier molecular flexibility index (Phi) is 6.70. The second kappa shape index (κ2) is 10.2. The van der Waals surface area contributed by atoms with Gasteiger partial charge in [0.15, 0.2) is 11.5 Å². The van der Waals surface area contributed by atoms with Gasteiger partial charge in [0.05, 0.1) is 30.1 Å². The molecule has 0 spiro atoms. The third-order valence-corrected chi connectivity index (χ3v) is 6.87. The Morgan fingerprint density at radius 3 is 2.43 bits per heavy atom. The van der Waals surface area contributed by atoms with Crippen molar-refractivity contribution in [3.63, 3.8) is 0 Å². The first-order valence-electron chi connectivity index (χ1n) is 11.5. The number of carbonyl (C=O) groups is 1. The van der Waals surface area contributed by atoms with Crippen LogP contribution in [0, 0.1) is 6.92 Å². The van der Waals surface area contributed by atoms with Crippen LogP contribution in [0.3, 0.4) is 0 Å². The van der Waals surface area contributed by atoms with E-state index in [1.807, 2.05) is 42.5 Å². The van der Waals surface area contributed by atoms with Gasteiger partial charge in [-0.25, -0.2) is 9.67 Å². The number of hydrogen-bond donors (Lipinski definition) is 1. The maximum Gasteiger partial charge on any atom is 0.267 e. The number of benzene rings is 3. The van der Waals surface area contributed by atoms with E-state index >= 15 is 0 Å². The number of rotatable bonds is 7. The maximum atomic E-state index is 12.7. The summed E-state index contributed by atoms with van der Waals surface area (Å²) < 4.78 is 12.9. The normalized spacial score (nSPS) is 10.9. The first-order valence-corrected chi connectivity index (χ1v) is 12.3. The van der Waals surface area contributed by atoms with E-state index in [1.54, 1.807) is 43.8 Å². The number of anilines is 1. The molecule has 8 nitrogen and oxygen atoms in total. The smallest absolute Gasteiger partial charge is 0.267 e. The van der Waals surface area contributed by atoms with Crippen LogP contribution in [0.2, 0.25) is 0 Å². The van der Waals surface area contributed by atoms with Crippen molar-refractivity contribution in [3.05, 3.63) is 88.7 Å². The van der Waals surface area contributed by atoms with E-state index in [0.717, 1.165) is 31.0 Å². The highest BCUT2D eigenvalue weighted by atomic mass is 32.1. The highest BCUT2D eigenvalue weighted by Crippen LogP contribution is 2.32. The highest BCUT2D eigenvalue weighted by Gasteiger charge is 2.12. The molecule has 2 heterocycles. The van der Waals surface area contributed by atoms with Crippen molar-refractivity contribution < 1.29 is 14.3 Å². The Balaban J connectivity index is 1.30. The molecule has 186 valence electrons. The van der Waals surface area contributed by atoms with E-state index in [4.69, 9.17) is 14.5 Å². The first kappa shape index (κ1) is 24.2. The van der Waals surface area contributed by atoms with Crippen molar-refractivity contribution in [2.45, 2.75) is 13.5 Å². The Bertz CT molecular complexity index is 1660. The summed E-state index contributed by atoms with van der Waals surface area (Å²) in [7, 11) is 3.11. The largest absolute Gasteiger partial charge is 0.493 e. The third kappa shape index (κ3) is 5.22. The highest BCUT2D eigenvalue weighted by molar-refractivity contribution is 7.21. The van der Waals surface area contributed by atoms with Crippen LogP contribution in [-0.2, 0) is 11.3 Å². The SMILES string of the molecule is COc1ccc(-c2ccc(=O)n(CC(=O)Nc3ccc(-c4nc5ccc(C)cc5s4)cc3)n2)cc1OC. The van der Waals surface area contributed by atoms with Gasteiger partial charge in [-0.3, -0.25) is 9.59 Å². The van der Waals surface area contributed by atoms with Crippen molar-refractivity contribution >= 4 is 33.1 Å². The molecule has 0 aliphatic carbocycles. The van der Waals surface area contributed by atoms with Crippen LogP contribution < -0.4 is 20.3 Å². The zero-order valence-electron chi connectivity index (χ0n) is 20.5. The van der Waals surface area contributed by atoms with E-state index in [-0.39, 0.29) is 18.0 Å². The zero-order valence-corrected chi connectivity index (χ0v) is 21.3. The molecule has 37 heavy (non-hydrogen) atoms. The minimum absolute atomic E-state index is 0.223. The fraction of sp³-hybridized carbons (Fsp3) is 0.143. The summed E-state index contributed by atoms with van der Waals surface area (Å²) in [6.07, 6.45) is 0. The predicted octanol–water partition coefficient (Wildman–Crippen LogP) is 5.15. The van der Waals surface area contributed by atoms with Crippen molar-refractivity contribution in [1.82, 2.24) is 14.8 Å². The molecule has 9 heteroatoms. The van der Waals surface area contributed by atoms with Gasteiger partial charge in [-0.1, -0.05) is 6.07 Å². The molecule has 0 atom stereocenters. The monoisotopic (exact) mass is 512 g/mol. The van der Waals surface area contributed by atoms with Gasteiger partial charge in [0.1, 0.15) is 11.6 Å². The number of aryl methyl sites for hydroxylation is 1. The summed E-state index contributed by atoms with van der Waals surface area (Å²) in [6, 6.07) is 22.0. The van der Waals surface area contributed by atoms with Gasteiger partial charge in [-0.2, -0.15) is 5.10 Å². The molecule has 1 N–H and O–H groups in total. The average Bonchev–Trinajstić information content (AvgIpc) is 3.33. The number of amides is 1. The number of thiazole rings is 1. The zero-order chi connectivity index (χ0) is 25.9. The molecule has 0 bridgehead atoms. The second-order valence-electron chi connectivity index (χ2n) is 8.40. The summed E-state index contributed by atoms with van der Waals surface area (Å²) in [5.41, 5.74) is 4.64. The molecule has 0 aliphatic heterocycles. The van der Waals surface area contributed by atoms with Crippen molar-refractivity contribution in [1.29, 1.82) is 0 Å². The quantitative estimate of drug-likeness (QED) is 0.324. The number of aromatic nitrogens is 3. The minimum Gasteiger partial charge on any atom is -0.493 e. The van der Waals surface area contributed by atoms with Gasteiger partial charge < -0.3 is 14.8 Å². The van der Waals surface area contributed by atoms with E-state index in [2.05, 4.69) is 23.4 Å². The van der Waals surface area contributed by atoms with Crippen molar-refractivity contribution in [3.8, 4) is 33.3 Å². The Labute approximate surface area is 217 Å². The molecular weight excluding hydrogens is 488 g/mol. The van der Waals surface area contributed by atoms with Crippen LogP contribution in [0.15, 0.2) is 77.6 Å². The molecule has 0 fully saturated rings. The number of hydrogen-bond acceptors (Lipinski definition) is 7. The van der Waals surface area contributed by atoms with Crippen molar-refractivity contribution in [2.75, 3.05) is 19.5 Å². The average molecular weight is 513 g/mol. The maximum absolute atomic E-state index is 12.7. The van der Waals surface area contributed by atoms with E-state index in [0.29, 0.717) is 22.9 Å². The van der Waals surface area contributed by atoms with Gasteiger partial charge in [-0.05, 0) is 73.2 Å². The number of carbonyl (C=O) groups excluding carboxylic acids is 1. The van der Waals surface area contributed by atoms with E-state index in [9.17, 15) is 9.59 Å². The van der Waals surface area contributed by atoms with Gasteiger partial charge in [0.2, 0.25) is 5.91 Å². The number of ether oxygens (including phenoxy) is 2. The molecule has 0 saturated carbocycles. The molecular formula is C28H24N4O4S. The Morgan fingerprint density at radius 1 is 0.919 bits per heavy atom. The molecule has 2 aromatic heterocycles.